The van der Waals surface area contributed by atoms with E-state index >= 15 is 0 Å². The maximum Gasteiger partial charge on any atom is 0.0399 e. The van der Waals surface area contributed by atoms with Crippen LogP contribution in [0.3, 0.4) is 0 Å². The first-order valence-electron chi connectivity index (χ1n) is 6.55. The fourth-order valence-corrected chi connectivity index (χ4v) is 2.44. The van der Waals surface area contributed by atoms with Gasteiger partial charge in [-0.2, -0.15) is 0 Å². The van der Waals surface area contributed by atoms with Crippen LogP contribution in [0.25, 0.3) is 0 Å². The fraction of sp³-hybridized carbons (Fsp3) is 0.600. The molecule has 0 spiro atoms. The van der Waals surface area contributed by atoms with Crippen LogP contribution in [0.1, 0.15) is 31.4 Å². The summed E-state index contributed by atoms with van der Waals surface area (Å²) in [6.45, 7) is 12.3. The molecule has 1 aromatic carbocycles. The Labute approximate surface area is 105 Å². The van der Waals surface area contributed by atoms with Crippen LogP contribution in [-0.2, 0) is 0 Å². The van der Waals surface area contributed by atoms with Crippen molar-refractivity contribution in [2.45, 2.75) is 39.7 Å². The van der Waals surface area contributed by atoms with Gasteiger partial charge in [0.15, 0.2) is 0 Å². The Morgan fingerprint density at radius 2 is 1.94 bits per heavy atom. The van der Waals surface area contributed by atoms with Crippen LogP contribution >= 0.6 is 0 Å². The minimum atomic E-state index is 0.270. The fourth-order valence-electron chi connectivity index (χ4n) is 2.44. The monoisotopic (exact) mass is 232 g/mol. The van der Waals surface area contributed by atoms with Crippen LogP contribution in [0, 0.1) is 13.8 Å². The Kier molecular flexibility index (Phi) is 3.43. The number of hydrogen-bond acceptors (Lipinski definition) is 2. The van der Waals surface area contributed by atoms with Crippen molar-refractivity contribution in [1.29, 1.82) is 0 Å². The molecular weight excluding hydrogens is 208 g/mol. The van der Waals surface area contributed by atoms with Gasteiger partial charge in [-0.3, -0.25) is 0 Å². The molecule has 1 saturated heterocycles. The predicted molar refractivity (Wildman–Crippen MR) is 74.8 cm³/mol. The maximum atomic E-state index is 3.61. The normalized spacial score (nSPS) is 20.1. The van der Waals surface area contributed by atoms with Crippen molar-refractivity contribution in [3.63, 3.8) is 0 Å². The van der Waals surface area contributed by atoms with Crippen molar-refractivity contribution in [1.82, 2.24) is 5.32 Å². The number of nitrogens with one attached hydrogen (secondary N) is 1. The van der Waals surface area contributed by atoms with Gasteiger partial charge in [0, 0.05) is 30.9 Å². The summed E-state index contributed by atoms with van der Waals surface area (Å²) >= 11 is 0. The van der Waals surface area contributed by atoms with Gasteiger partial charge in [-0.05, 0) is 51.3 Å². The third-order valence-electron chi connectivity index (χ3n) is 3.70. The topological polar surface area (TPSA) is 15.3 Å². The lowest BCUT2D eigenvalue weighted by molar-refractivity contribution is 0.394. The van der Waals surface area contributed by atoms with Crippen molar-refractivity contribution < 1.29 is 0 Å². The molecule has 0 aliphatic carbocycles. The molecule has 1 aliphatic rings. The van der Waals surface area contributed by atoms with Crippen molar-refractivity contribution in [2.24, 2.45) is 0 Å². The molecule has 2 heteroatoms. The number of rotatable bonds is 1. The van der Waals surface area contributed by atoms with Crippen LogP contribution in [0.5, 0.6) is 0 Å². The quantitative estimate of drug-likeness (QED) is 0.801. The largest absolute Gasteiger partial charge is 0.370 e. The highest BCUT2D eigenvalue weighted by atomic mass is 15.2. The molecule has 0 amide bonds. The molecule has 1 N–H and O–H groups in total. The minimum Gasteiger partial charge on any atom is -0.370 e. The molecule has 0 unspecified atom stereocenters. The van der Waals surface area contributed by atoms with Gasteiger partial charge in [-0.1, -0.05) is 12.1 Å². The van der Waals surface area contributed by atoms with Gasteiger partial charge in [0.1, 0.15) is 0 Å². The van der Waals surface area contributed by atoms with Crippen LogP contribution < -0.4 is 10.2 Å². The smallest absolute Gasteiger partial charge is 0.0399 e. The van der Waals surface area contributed by atoms with E-state index in [1.165, 1.54) is 23.2 Å². The Bertz CT molecular complexity index is 396. The van der Waals surface area contributed by atoms with Crippen LogP contribution in [0.15, 0.2) is 18.2 Å². The van der Waals surface area contributed by atoms with Gasteiger partial charge in [0.05, 0.1) is 0 Å². The Morgan fingerprint density at radius 3 is 2.71 bits per heavy atom. The Balaban J connectivity index is 2.19. The molecule has 0 saturated carbocycles. The first-order valence-corrected chi connectivity index (χ1v) is 6.55. The lowest BCUT2D eigenvalue weighted by Gasteiger charge is -2.26. The molecule has 1 aliphatic heterocycles. The van der Waals surface area contributed by atoms with Crippen molar-refractivity contribution >= 4 is 5.69 Å². The maximum absolute atomic E-state index is 3.61. The molecule has 94 valence electrons. The number of nitrogens with zero attached hydrogens (tertiary/aromatic N) is 1. The summed E-state index contributed by atoms with van der Waals surface area (Å²) in [6, 6.07) is 6.74. The van der Waals surface area contributed by atoms with Crippen LogP contribution in [0.4, 0.5) is 5.69 Å². The molecule has 2 rings (SSSR count). The number of anilines is 1. The molecule has 1 aromatic rings. The second kappa shape index (κ2) is 4.69. The second-order valence-electron chi connectivity index (χ2n) is 5.84. The van der Waals surface area contributed by atoms with Gasteiger partial charge < -0.3 is 10.2 Å². The van der Waals surface area contributed by atoms with Gasteiger partial charge in [-0.15, -0.1) is 0 Å². The molecule has 2 nitrogen and oxygen atoms in total. The van der Waals surface area contributed by atoms with E-state index in [0.717, 1.165) is 19.6 Å². The summed E-state index contributed by atoms with van der Waals surface area (Å²) in [5.74, 6) is 0. The number of aryl methyl sites for hydroxylation is 2. The van der Waals surface area contributed by atoms with E-state index in [1.54, 1.807) is 0 Å². The second-order valence-corrected chi connectivity index (χ2v) is 5.84. The first kappa shape index (κ1) is 12.4. The standard InChI is InChI=1S/C15H24N2/c1-12-5-6-13(2)14(11-12)17-9-7-15(3,4)16-8-10-17/h5-6,11,16H,7-10H2,1-4H3. The Morgan fingerprint density at radius 1 is 1.18 bits per heavy atom. The van der Waals surface area contributed by atoms with E-state index < -0.39 is 0 Å². The van der Waals surface area contributed by atoms with Gasteiger partial charge in [0.25, 0.3) is 0 Å². The molecule has 0 aromatic heterocycles. The summed E-state index contributed by atoms with van der Waals surface area (Å²) in [6.07, 6.45) is 1.19. The summed E-state index contributed by atoms with van der Waals surface area (Å²) in [7, 11) is 0. The highest BCUT2D eigenvalue weighted by molar-refractivity contribution is 5.55. The molecule has 0 bridgehead atoms. The zero-order chi connectivity index (χ0) is 12.5. The summed E-state index contributed by atoms with van der Waals surface area (Å²) < 4.78 is 0. The highest BCUT2D eigenvalue weighted by Gasteiger charge is 2.22. The molecule has 1 fully saturated rings. The summed E-state index contributed by atoms with van der Waals surface area (Å²) in [5, 5.41) is 3.61. The van der Waals surface area contributed by atoms with E-state index in [0.29, 0.717) is 0 Å². The van der Waals surface area contributed by atoms with E-state index in [9.17, 15) is 0 Å². The average Bonchev–Trinajstić information content (AvgIpc) is 2.43. The van der Waals surface area contributed by atoms with E-state index in [2.05, 4.69) is 56.1 Å². The van der Waals surface area contributed by atoms with Crippen molar-refractivity contribution in [3.05, 3.63) is 29.3 Å². The summed E-state index contributed by atoms with van der Waals surface area (Å²) in [5.41, 5.74) is 4.41. The van der Waals surface area contributed by atoms with Crippen molar-refractivity contribution in [2.75, 3.05) is 24.5 Å². The molecular formula is C15H24N2. The molecule has 0 atom stereocenters. The van der Waals surface area contributed by atoms with Gasteiger partial charge >= 0.3 is 0 Å². The van der Waals surface area contributed by atoms with Gasteiger partial charge in [-0.25, -0.2) is 0 Å². The van der Waals surface area contributed by atoms with E-state index in [4.69, 9.17) is 0 Å². The first-order chi connectivity index (χ1) is 7.98. The SMILES string of the molecule is Cc1ccc(C)c(N2CCNC(C)(C)CC2)c1. The lowest BCUT2D eigenvalue weighted by atomic mass is 10.0. The Hall–Kier alpha value is -1.02. The lowest BCUT2D eigenvalue weighted by Crippen LogP contribution is -2.39. The zero-order valence-corrected chi connectivity index (χ0v) is 11.5. The summed E-state index contributed by atoms with van der Waals surface area (Å²) in [4.78, 5) is 2.52. The van der Waals surface area contributed by atoms with E-state index in [-0.39, 0.29) is 5.54 Å². The van der Waals surface area contributed by atoms with E-state index in [1.807, 2.05) is 0 Å². The zero-order valence-electron chi connectivity index (χ0n) is 11.5. The van der Waals surface area contributed by atoms with Crippen molar-refractivity contribution in [3.8, 4) is 0 Å². The van der Waals surface area contributed by atoms with Gasteiger partial charge in [0.2, 0.25) is 0 Å². The predicted octanol–water partition coefficient (Wildman–Crippen LogP) is 2.88. The third kappa shape index (κ3) is 3.01. The molecule has 1 heterocycles. The number of hydrogen-bond donors (Lipinski definition) is 1. The molecule has 17 heavy (non-hydrogen) atoms. The highest BCUT2D eigenvalue weighted by Crippen LogP contribution is 2.24. The average molecular weight is 232 g/mol. The number of benzene rings is 1. The van der Waals surface area contributed by atoms with Crippen LogP contribution in [-0.4, -0.2) is 25.2 Å². The minimum absolute atomic E-state index is 0.270. The molecule has 0 radical (unpaired) electrons. The van der Waals surface area contributed by atoms with Crippen LogP contribution in [0.2, 0.25) is 0 Å². The third-order valence-corrected chi connectivity index (χ3v) is 3.70.